The van der Waals surface area contributed by atoms with Crippen LogP contribution in [0.3, 0.4) is 0 Å². The van der Waals surface area contributed by atoms with Crippen LogP contribution >= 0.6 is 0 Å². The topological polar surface area (TPSA) is 27.7 Å². The maximum atomic E-state index is 6.14. The third-order valence-electron chi connectivity index (χ3n) is 2.84. The van der Waals surface area contributed by atoms with Crippen LogP contribution in [-0.2, 0) is 13.3 Å². The summed E-state index contributed by atoms with van der Waals surface area (Å²) >= 11 is 0. The van der Waals surface area contributed by atoms with Crippen molar-refractivity contribution in [2.45, 2.75) is 40.0 Å². The van der Waals surface area contributed by atoms with Gasteiger partial charge in [-0.15, -0.1) is 0 Å². The SMILES string of the molecule is CCCO[Si](OCCC)(OCCC)C1=C/C=C\C=C/C=C1. The van der Waals surface area contributed by atoms with Gasteiger partial charge >= 0.3 is 8.80 Å². The van der Waals surface area contributed by atoms with Crippen LogP contribution in [-0.4, -0.2) is 28.6 Å². The second-order valence-corrected chi connectivity index (χ2v) is 7.41. The lowest BCUT2D eigenvalue weighted by Gasteiger charge is -2.30. The van der Waals surface area contributed by atoms with Crippen LogP contribution in [0.5, 0.6) is 0 Å². The molecule has 0 N–H and O–H groups in total. The first kappa shape index (κ1) is 18.1. The molecule has 1 aliphatic carbocycles. The third-order valence-corrected chi connectivity index (χ3v) is 5.63. The molecule has 0 saturated carbocycles. The van der Waals surface area contributed by atoms with Crippen molar-refractivity contribution in [2.24, 2.45) is 0 Å². The van der Waals surface area contributed by atoms with Crippen LogP contribution < -0.4 is 0 Å². The molecular weight excluding hydrogens is 280 g/mol. The summed E-state index contributed by atoms with van der Waals surface area (Å²) in [6.45, 7) is 8.27. The first-order chi connectivity index (χ1) is 10.3. The predicted molar refractivity (Wildman–Crippen MR) is 90.0 cm³/mol. The van der Waals surface area contributed by atoms with E-state index < -0.39 is 8.80 Å². The van der Waals surface area contributed by atoms with Crippen LogP contribution in [0.15, 0.2) is 47.7 Å². The summed E-state index contributed by atoms with van der Waals surface area (Å²) in [4.78, 5) is 0. The summed E-state index contributed by atoms with van der Waals surface area (Å²) < 4.78 is 18.4. The van der Waals surface area contributed by atoms with Gasteiger partial charge in [-0.2, -0.15) is 0 Å². The number of rotatable bonds is 10. The van der Waals surface area contributed by atoms with Gasteiger partial charge in [0.1, 0.15) is 0 Å². The van der Waals surface area contributed by atoms with Crippen LogP contribution in [0.2, 0.25) is 0 Å². The molecule has 21 heavy (non-hydrogen) atoms. The molecule has 4 heteroatoms. The lowest BCUT2D eigenvalue weighted by molar-refractivity contribution is 0.0692. The molecule has 0 fully saturated rings. The van der Waals surface area contributed by atoms with Crippen LogP contribution in [0.4, 0.5) is 0 Å². The Kier molecular flexibility index (Phi) is 9.26. The maximum Gasteiger partial charge on any atom is 0.537 e. The molecule has 0 heterocycles. The standard InChI is InChI=1S/C17H28O3Si/c1-4-14-18-21(19-15-5-2,20-16-6-3)17-12-10-8-7-9-11-13-17/h7-13H,4-6,14-16H2,1-3H3/b8-7-,9-7?,10-8?,11-9-,12-10?,13-11?,17-12?,17-13?. The molecule has 0 aromatic rings. The van der Waals surface area contributed by atoms with Gasteiger partial charge in [-0.3, -0.25) is 0 Å². The second-order valence-electron chi connectivity index (χ2n) is 4.85. The molecule has 0 saturated heterocycles. The molecule has 0 unspecified atom stereocenters. The predicted octanol–water partition coefficient (Wildman–Crippen LogP) is 4.35. The van der Waals surface area contributed by atoms with Crippen LogP contribution in [0, 0.1) is 0 Å². The molecule has 0 bridgehead atoms. The summed E-state index contributed by atoms with van der Waals surface area (Å²) in [6, 6.07) is 0. The zero-order valence-corrected chi connectivity index (χ0v) is 14.5. The van der Waals surface area contributed by atoms with Gasteiger partial charge < -0.3 is 13.3 Å². The largest absolute Gasteiger partial charge is 0.537 e. The quantitative estimate of drug-likeness (QED) is 0.561. The summed E-state index contributed by atoms with van der Waals surface area (Å²) in [5.41, 5.74) is 0. The molecule has 0 radical (unpaired) electrons. The molecule has 1 rings (SSSR count). The van der Waals surface area contributed by atoms with Gasteiger partial charge in [-0.25, -0.2) is 0 Å². The van der Waals surface area contributed by atoms with E-state index in [1.165, 1.54) is 0 Å². The highest BCUT2D eigenvalue weighted by molar-refractivity contribution is 6.69. The van der Waals surface area contributed by atoms with Crippen molar-refractivity contribution in [3.63, 3.8) is 0 Å². The monoisotopic (exact) mass is 308 g/mol. The highest BCUT2D eigenvalue weighted by atomic mass is 28.4. The summed E-state index contributed by atoms with van der Waals surface area (Å²) in [7, 11) is -2.82. The highest BCUT2D eigenvalue weighted by Gasteiger charge is 2.44. The Morgan fingerprint density at radius 1 is 0.714 bits per heavy atom. The van der Waals surface area contributed by atoms with Crippen molar-refractivity contribution in [3.05, 3.63) is 47.7 Å². The lowest BCUT2D eigenvalue weighted by Crippen LogP contribution is -2.48. The Labute approximate surface area is 130 Å². The van der Waals surface area contributed by atoms with E-state index in [4.69, 9.17) is 13.3 Å². The van der Waals surface area contributed by atoms with Crippen molar-refractivity contribution in [2.75, 3.05) is 19.8 Å². The van der Waals surface area contributed by atoms with E-state index in [9.17, 15) is 0 Å². The van der Waals surface area contributed by atoms with E-state index in [1.54, 1.807) is 0 Å². The summed E-state index contributed by atoms with van der Waals surface area (Å²) in [6.07, 6.45) is 17.0. The Hall–Kier alpha value is -0.943. The van der Waals surface area contributed by atoms with E-state index in [-0.39, 0.29) is 0 Å². The molecule has 3 nitrogen and oxygen atoms in total. The van der Waals surface area contributed by atoms with Crippen molar-refractivity contribution in [3.8, 4) is 0 Å². The lowest BCUT2D eigenvalue weighted by atomic mass is 10.3. The fourth-order valence-electron chi connectivity index (χ4n) is 1.85. The van der Waals surface area contributed by atoms with Gasteiger partial charge in [0.15, 0.2) is 0 Å². The zero-order valence-electron chi connectivity index (χ0n) is 13.5. The average molecular weight is 308 g/mol. The normalized spacial score (nSPS) is 18.0. The molecule has 0 aromatic heterocycles. The van der Waals surface area contributed by atoms with Gasteiger partial charge in [-0.1, -0.05) is 63.3 Å². The first-order valence-corrected chi connectivity index (χ1v) is 9.65. The maximum absolute atomic E-state index is 6.14. The smallest absolute Gasteiger partial charge is 0.370 e. The average Bonchev–Trinajstić information content (AvgIpc) is 2.47. The molecule has 0 aliphatic heterocycles. The van der Waals surface area contributed by atoms with E-state index in [0.717, 1.165) is 24.5 Å². The van der Waals surface area contributed by atoms with Crippen molar-refractivity contribution >= 4 is 8.80 Å². The van der Waals surface area contributed by atoms with E-state index in [0.29, 0.717) is 19.8 Å². The van der Waals surface area contributed by atoms with E-state index >= 15 is 0 Å². The molecule has 1 aliphatic rings. The zero-order chi connectivity index (χ0) is 15.4. The fraction of sp³-hybridized carbons (Fsp3) is 0.529. The van der Waals surface area contributed by atoms with Gasteiger partial charge in [0.25, 0.3) is 0 Å². The number of hydrogen-bond donors (Lipinski definition) is 0. The minimum absolute atomic E-state index is 0.657. The van der Waals surface area contributed by atoms with Gasteiger partial charge in [0.2, 0.25) is 0 Å². The Bertz CT molecular complexity index is 375. The molecular formula is C17H28O3Si. The fourth-order valence-corrected chi connectivity index (χ4v) is 4.62. The summed E-state index contributed by atoms with van der Waals surface area (Å²) in [5.74, 6) is 0. The Balaban J connectivity index is 3.04. The molecule has 118 valence electrons. The van der Waals surface area contributed by atoms with Gasteiger partial charge in [0, 0.05) is 25.0 Å². The third kappa shape index (κ3) is 6.14. The Morgan fingerprint density at radius 3 is 1.71 bits per heavy atom. The minimum Gasteiger partial charge on any atom is -0.370 e. The second kappa shape index (κ2) is 10.7. The van der Waals surface area contributed by atoms with E-state index in [2.05, 4.69) is 20.8 Å². The number of hydrogen-bond acceptors (Lipinski definition) is 3. The van der Waals surface area contributed by atoms with Gasteiger partial charge in [0.05, 0.1) is 0 Å². The molecule has 0 atom stereocenters. The van der Waals surface area contributed by atoms with Crippen LogP contribution in [0.1, 0.15) is 40.0 Å². The van der Waals surface area contributed by atoms with Crippen molar-refractivity contribution < 1.29 is 13.3 Å². The first-order valence-electron chi connectivity index (χ1n) is 7.93. The van der Waals surface area contributed by atoms with Crippen molar-refractivity contribution in [1.82, 2.24) is 0 Å². The van der Waals surface area contributed by atoms with Gasteiger partial charge in [-0.05, 0) is 19.3 Å². The van der Waals surface area contributed by atoms with Crippen LogP contribution in [0.25, 0.3) is 0 Å². The molecule has 0 aromatic carbocycles. The van der Waals surface area contributed by atoms with Crippen molar-refractivity contribution in [1.29, 1.82) is 0 Å². The highest BCUT2D eigenvalue weighted by Crippen LogP contribution is 2.23. The Morgan fingerprint density at radius 2 is 1.19 bits per heavy atom. The molecule has 0 amide bonds. The van der Waals surface area contributed by atoms with E-state index in [1.807, 2.05) is 42.5 Å². The molecule has 0 spiro atoms. The minimum atomic E-state index is -2.82. The number of allylic oxidation sites excluding steroid dienone is 8. The summed E-state index contributed by atoms with van der Waals surface area (Å²) in [5, 5.41) is 1.03.